The van der Waals surface area contributed by atoms with Crippen LogP contribution in [0.1, 0.15) is 5.56 Å². The van der Waals surface area contributed by atoms with E-state index in [-0.39, 0.29) is 0 Å². The van der Waals surface area contributed by atoms with Crippen molar-refractivity contribution in [3.63, 3.8) is 0 Å². The summed E-state index contributed by atoms with van der Waals surface area (Å²) < 4.78 is 5.20. The van der Waals surface area contributed by atoms with Gasteiger partial charge in [0.2, 0.25) is 0 Å². The van der Waals surface area contributed by atoms with E-state index in [4.69, 9.17) is 4.74 Å². The highest BCUT2D eigenvalue weighted by atomic mass is 16.5. The van der Waals surface area contributed by atoms with Gasteiger partial charge in [-0.15, -0.1) is 0 Å². The molecule has 0 aliphatic heterocycles. The van der Waals surface area contributed by atoms with Gasteiger partial charge >= 0.3 is 0 Å². The van der Waals surface area contributed by atoms with Gasteiger partial charge in [-0.05, 0) is 36.8 Å². The average Bonchev–Trinajstić information content (AvgIpc) is 2.30. The van der Waals surface area contributed by atoms with Gasteiger partial charge in [0, 0.05) is 18.0 Å². The molecule has 0 saturated heterocycles. The maximum absolute atomic E-state index is 5.20. The van der Waals surface area contributed by atoms with Crippen LogP contribution in [0, 0.1) is 6.92 Å². The van der Waals surface area contributed by atoms with Crippen LogP contribution in [0.3, 0.4) is 0 Å². The zero-order valence-electron chi connectivity index (χ0n) is 8.77. The molecule has 0 fully saturated rings. The standard InChI is InChI=1S/C12H12N2O/c1-9-8-10(4-5-11(9)15-2)12-13-6-3-7-14-12/h3-8H,1-2H3. The van der Waals surface area contributed by atoms with Crippen LogP contribution in [0.4, 0.5) is 0 Å². The third kappa shape index (κ3) is 1.96. The number of aryl methyl sites for hydroxylation is 1. The summed E-state index contributed by atoms with van der Waals surface area (Å²) in [7, 11) is 1.67. The smallest absolute Gasteiger partial charge is 0.159 e. The Morgan fingerprint density at radius 1 is 1.13 bits per heavy atom. The first-order valence-electron chi connectivity index (χ1n) is 4.73. The van der Waals surface area contributed by atoms with Crippen LogP contribution >= 0.6 is 0 Å². The third-order valence-electron chi connectivity index (χ3n) is 2.22. The first kappa shape index (κ1) is 9.65. The summed E-state index contributed by atoms with van der Waals surface area (Å²) in [6, 6.07) is 7.72. The fourth-order valence-corrected chi connectivity index (χ4v) is 1.47. The van der Waals surface area contributed by atoms with E-state index in [0.717, 1.165) is 22.7 Å². The number of aromatic nitrogens is 2. The van der Waals surface area contributed by atoms with Crippen molar-refractivity contribution in [3.05, 3.63) is 42.2 Å². The summed E-state index contributed by atoms with van der Waals surface area (Å²) in [5.74, 6) is 1.62. The highest BCUT2D eigenvalue weighted by Crippen LogP contribution is 2.23. The molecule has 1 heterocycles. The predicted octanol–water partition coefficient (Wildman–Crippen LogP) is 2.46. The lowest BCUT2D eigenvalue weighted by Crippen LogP contribution is -1.90. The molecule has 0 unspecified atom stereocenters. The van der Waals surface area contributed by atoms with E-state index >= 15 is 0 Å². The van der Waals surface area contributed by atoms with E-state index in [2.05, 4.69) is 9.97 Å². The lowest BCUT2D eigenvalue weighted by molar-refractivity contribution is 0.412. The normalized spacial score (nSPS) is 10.0. The van der Waals surface area contributed by atoms with Crippen molar-refractivity contribution in [2.75, 3.05) is 7.11 Å². The molecule has 0 spiro atoms. The Hall–Kier alpha value is -1.90. The minimum Gasteiger partial charge on any atom is -0.496 e. The molecule has 2 aromatic rings. The molecule has 0 radical (unpaired) electrons. The molecular weight excluding hydrogens is 188 g/mol. The Kier molecular flexibility index (Phi) is 2.63. The van der Waals surface area contributed by atoms with Crippen molar-refractivity contribution < 1.29 is 4.74 Å². The molecule has 0 bridgehead atoms. The van der Waals surface area contributed by atoms with E-state index in [1.165, 1.54) is 0 Å². The minimum absolute atomic E-state index is 0.739. The largest absolute Gasteiger partial charge is 0.496 e. The van der Waals surface area contributed by atoms with Gasteiger partial charge in [-0.3, -0.25) is 0 Å². The summed E-state index contributed by atoms with van der Waals surface area (Å²) in [4.78, 5) is 8.39. The van der Waals surface area contributed by atoms with Crippen molar-refractivity contribution in [1.82, 2.24) is 9.97 Å². The summed E-state index contributed by atoms with van der Waals surface area (Å²) >= 11 is 0. The topological polar surface area (TPSA) is 35.0 Å². The first-order chi connectivity index (χ1) is 7.31. The molecular formula is C12H12N2O. The molecule has 1 aromatic heterocycles. The maximum atomic E-state index is 5.20. The molecule has 0 aliphatic carbocycles. The highest BCUT2D eigenvalue weighted by Gasteiger charge is 2.03. The molecule has 15 heavy (non-hydrogen) atoms. The third-order valence-corrected chi connectivity index (χ3v) is 2.22. The molecule has 0 amide bonds. The number of hydrogen-bond donors (Lipinski definition) is 0. The fraction of sp³-hybridized carbons (Fsp3) is 0.167. The zero-order valence-corrected chi connectivity index (χ0v) is 8.77. The zero-order chi connectivity index (χ0) is 10.7. The quantitative estimate of drug-likeness (QED) is 0.747. The molecule has 76 valence electrons. The van der Waals surface area contributed by atoms with E-state index in [1.54, 1.807) is 25.6 Å². The van der Waals surface area contributed by atoms with Crippen molar-refractivity contribution in [1.29, 1.82) is 0 Å². The van der Waals surface area contributed by atoms with Gasteiger partial charge in [0.15, 0.2) is 5.82 Å². The second-order valence-corrected chi connectivity index (χ2v) is 3.26. The first-order valence-corrected chi connectivity index (χ1v) is 4.73. The minimum atomic E-state index is 0.739. The Bertz CT molecular complexity index is 454. The molecule has 2 rings (SSSR count). The monoisotopic (exact) mass is 200 g/mol. The lowest BCUT2D eigenvalue weighted by Gasteiger charge is -2.06. The molecule has 3 nitrogen and oxygen atoms in total. The number of ether oxygens (including phenoxy) is 1. The van der Waals surface area contributed by atoms with Gasteiger partial charge in [-0.2, -0.15) is 0 Å². The molecule has 1 aromatic carbocycles. The number of rotatable bonds is 2. The highest BCUT2D eigenvalue weighted by molar-refractivity contribution is 5.58. The number of nitrogens with zero attached hydrogens (tertiary/aromatic N) is 2. The van der Waals surface area contributed by atoms with Crippen molar-refractivity contribution in [2.24, 2.45) is 0 Å². The Labute approximate surface area is 88.8 Å². The van der Waals surface area contributed by atoms with E-state index in [9.17, 15) is 0 Å². The van der Waals surface area contributed by atoms with E-state index in [1.807, 2.05) is 25.1 Å². The van der Waals surface area contributed by atoms with E-state index in [0.29, 0.717) is 0 Å². The molecule has 3 heteroatoms. The van der Waals surface area contributed by atoms with Crippen molar-refractivity contribution in [2.45, 2.75) is 6.92 Å². The maximum Gasteiger partial charge on any atom is 0.159 e. The van der Waals surface area contributed by atoms with Crippen molar-refractivity contribution in [3.8, 4) is 17.1 Å². The molecule has 0 saturated carbocycles. The second-order valence-electron chi connectivity index (χ2n) is 3.26. The van der Waals surface area contributed by atoms with Crippen LogP contribution in [0.25, 0.3) is 11.4 Å². The fourth-order valence-electron chi connectivity index (χ4n) is 1.47. The van der Waals surface area contributed by atoms with Crippen LogP contribution in [0.2, 0.25) is 0 Å². The molecule has 0 aliphatic rings. The SMILES string of the molecule is COc1ccc(-c2ncccn2)cc1C. The summed E-state index contributed by atoms with van der Waals surface area (Å²) in [6.45, 7) is 2.01. The van der Waals surface area contributed by atoms with Gasteiger partial charge in [-0.25, -0.2) is 9.97 Å². The summed E-state index contributed by atoms with van der Waals surface area (Å²) in [5, 5.41) is 0. The lowest BCUT2D eigenvalue weighted by atomic mass is 10.1. The number of benzene rings is 1. The summed E-state index contributed by atoms with van der Waals surface area (Å²) in [6.07, 6.45) is 3.48. The van der Waals surface area contributed by atoms with Crippen LogP contribution in [-0.4, -0.2) is 17.1 Å². The second kappa shape index (κ2) is 4.09. The number of hydrogen-bond acceptors (Lipinski definition) is 3. The van der Waals surface area contributed by atoms with Crippen LogP contribution in [-0.2, 0) is 0 Å². The van der Waals surface area contributed by atoms with Gasteiger partial charge in [0.05, 0.1) is 7.11 Å². The van der Waals surface area contributed by atoms with Crippen LogP contribution in [0.15, 0.2) is 36.7 Å². The van der Waals surface area contributed by atoms with E-state index < -0.39 is 0 Å². The van der Waals surface area contributed by atoms with Gasteiger partial charge in [-0.1, -0.05) is 0 Å². The van der Waals surface area contributed by atoms with Gasteiger partial charge in [0.1, 0.15) is 5.75 Å². The number of methoxy groups -OCH3 is 1. The molecule has 0 N–H and O–H groups in total. The van der Waals surface area contributed by atoms with Gasteiger partial charge < -0.3 is 4.74 Å². The summed E-state index contributed by atoms with van der Waals surface area (Å²) in [5.41, 5.74) is 2.09. The average molecular weight is 200 g/mol. The van der Waals surface area contributed by atoms with Crippen LogP contribution < -0.4 is 4.74 Å². The Morgan fingerprint density at radius 3 is 2.47 bits per heavy atom. The van der Waals surface area contributed by atoms with Gasteiger partial charge in [0.25, 0.3) is 0 Å². The predicted molar refractivity (Wildman–Crippen MR) is 58.8 cm³/mol. The van der Waals surface area contributed by atoms with Crippen molar-refractivity contribution >= 4 is 0 Å². The molecule has 0 atom stereocenters. The Morgan fingerprint density at radius 2 is 1.87 bits per heavy atom. The van der Waals surface area contributed by atoms with Crippen LogP contribution in [0.5, 0.6) is 5.75 Å². The Balaban J connectivity index is 2.43.